The highest BCUT2D eigenvalue weighted by molar-refractivity contribution is 9.10. The molecule has 1 aromatic heterocycles. The number of aryl methyl sites for hydroxylation is 1. The molecule has 0 bridgehead atoms. The summed E-state index contributed by atoms with van der Waals surface area (Å²) in [4.78, 5) is 13.7. The molecule has 1 unspecified atom stereocenters. The van der Waals surface area contributed by atoms with Crippen LogP contribution in [-0.4, -0.2) is 5.91 Å². The number of carbonyl (C=O) groups excluding carboxylic acids is 1. The van der Waals surface area contributed by atoms with Crippen LogP contribution in [0.2, 0.25) is 0 Å². The maximum Gasteiger partial charge on any atom is 0.252 e. The summed E-state index contributed by atoms with van der Waals surface area (Å²) in [5.74, 6) is -0.0209. The van der Waals surface area contributed by atoms with Crippen molar-refractivity contribution >= 4 is 33.2 Å². The summed E-state index contributed by atoms with van der Waals surface area (Å²) in [6.07, 6.45) is 1.99. The number of thiophene rings is 1. The SMILES string of the molecule is CCCC(NC(=O)c1cccc(C)c1Br)c1cccs1. The van der Waals surface area contributed by atoms with Crippen molar-refractivity contribution in [2.45, 2.75) is 32.7 Å². The van der Waals surface area contributed by atoms with E-state index in [2.05, 4.69) is 34.2 Å². The van der Waals surface area contributed by atoms with E-state index in [4.69, 9.17) is 0 Å². The smallest absolute Gasteiger partial charge is 0.252 e. The summed E-state index contributed by atoms with van der Waals surface area (Å²) in [6.45, 7) is 4.12. The zero-order valence-electron chi connectivity index (χ0n) is 11.7. The molecule has 1 atom stereocenters. The lowest BCUT2D eigenvalue weighted by molar-refractivity contribution is 0.0934. The lowest BCUT2D eigenvalue weighted by Gasteiger charge is -2.17. The van der Waals surface area contributed by atoms with Gasteiger partial charge in [-0.05, 0) is 52.4 Å². The fourth-order valence-electron chi connectivity index (χ4n) is 2.12. The Bertz CT molecular complexity index is 580. The lowest BCUT2D eigenvalue weighted by atomic mass is 10.1. The fraction of sp³-hybridized carbons (Fsp3) is 0.312. The summed E-state index contributed by atoms with van der Waals surface area (Å²) in [6, 6.07) is 9.95. The van der Waals surface area contributed by atoms with Gasteiger partial charge in [-0.3, -0.25) is 4.79 Å². The van der Waals surface area contributed by atoms with Gasteiger partial charge in [-0.1, -0.05) is 31.5 Å². The van der Waals surface area contributed by atoms with Crippen molar-refractivity contribution < 1.29 is 4.79 Å². The third-order valence-electron chi connectivity index (χ3n) is 3.21. The first-order chi connectivity index (χ1) is 9.63. The van der Waals surface area contributed by atoms with E-state index in [1.165, 1.54) is 4.88 Å². The number of rotatable bonds is 5. The highest BCUT2D eigenvalue weighted by atomic mass is 79.9. The van der Waals surface area contributed by atoms with Gasteiger partial charge < -0.3 is 5.32 Å². The molecular formula is C16H18BrNOS. The molecule has 2 rings (SSSR count). The van der Waals surface area contributed by atoms with Crippen LogP contribution in [0.15, 0.2) is 40.2 Å². The summed E-state index contributed by atoms with van der Waals surface area (Å²) < 4.78 is 0.874. The monoisotopic (exact) mass is 351 g/mol. The molecule has 0 fully saturated rings. The molecule has 1 amide bonds. The van der Waals surface area contributed by atoms with Crippen LogP contribution in [0, 0.1) is 6.92 Å². The first kappa shape index (κ1) is 15.3. The Kier molecular flexibility index (Phi) is 5.38. The van der Waals surface area contributed by atoms with E-state index >= 15 is 0 Å². The third-order valence-corrected chi connectivity index (χ3v) is 5.24. The van der Waals surface area contributed by atoms with Crippen molar-refractivity contribution in [2.75, 3.05) is 0 Å². The second kappa shape index (κ2) is 7.04. The van der Waals surface area contributed by atoms with Crippen LogP contribution >= 0.6 is 27.3 Å². The Morgan fingerprint density at radius 2 is 2.15 bits per heavy atom. The summed E-state index contributed by atoms with van der Waals surface area (Å²) in [7, 11) is 0. The van der Waals surface area contributed by atoms with Crippen molar-refractivity contribution in [3.63, 3.8) is 0 Å². The van der Waals surface area contributed by atoms with Crippen molar-refractivity contribution in [1.82, 2.24) is 5.32 Å². The van der Waals surface area contributed by atoms with Crippen LogP contribution < -0.4 is 5.32 Å². The molecule has 4 heteroatoms. The first-order valence-corrected chi connectivity index (χ1v) is 8.40. The van der Waals surface area contributed by atoms with Gasteiger partial charge >= 0.3 is 0 Å². The molecule has 1 heterocycles. The average Bonchev–Trinajstić information content (AvgIpc) is 2.95. The minimum Gasteiger partial charge on any atom is -0.344 e. The van der Waals surface area contributed by atoms with Crippen molar-refractivity contribution in [2.24, 2.45) is 0 Å². The Morgan fingerprint density at radius 3 is 2.80 bits per heavy atom. The molecule has 2 aromatic rings. The molecule has 106 valence electrons. The number of hydrogen-bond acceptors (Lipinski definition) is 2. The first-order valence-electron chi connectivity index (χ1n) is 6.72. The molecule has 0 spiro atoms. The second-order valence-corrected chi connectivity index (χ2v) is 6.54. The van der Waals surface area contributed by atoms with Crippen molar-refractivity contribution in [1.29, 1.82) is 0 Å². The Morgan fingerprint density at radius 1 is 1.35 bits per heavy atom. The van der Waals surface area contributed by atoms with E-state index in [-0.39, 0.29) is 11.9 Å². The molecular weight excluding hydrogens is 334 g/mol. The van der Waals surface area contributed by atoms with E-state index in [9.17, 15) is 4.79 Å². The molecule has 20 heavy (non-hydrogen) atoms. The van der Waals surface area contributed by atoms with E-state index in [1.807, 2.05) is 36.6 Å². The Balaban J connectivity index is 2.18. The standard InChI is InChI=1S/C16H18BrNOS/c1-3-6-13(14-9-5-10-20-14)18-16(19)12-8-4-7-11(2)15(12)17/h4-5,7-10,13H,3,6H2,1-2H3,(H,18,19). The van der Waals surface area contributed by atoms with Gasteiger partial charge in [-0.2, -0.15) is 0 Å². The van der Waals surface area contributed by atoms with Crippen LogP contribution in [0.1, 0.15) is 46.6 Å². The molecule has 0 aliphatic heterocycles. The normalized spacial score (nSPS) is 12.2. The van der Waals surface area contributed by atoms with Gasteiger partial charge in [0.1, 0.15) is 0 Å². The van der Waals surface area contributed by atoms with Crippen LogP contribution in [-0.2, 0) is 0 Å². The number of carbonyl (C=O) groups is 1. The number of benzene rings is 1. The zero-order chi connectivity index (χ0) is 14.5. The van der Waals surface area contributed by atoms with Crippen molar-refractivity contribution in [3.8, 4) is 0 Å². The number of nitrogens with one attached hydrogen (secondary N) is 1. The summed E-state index contributed by atoms with van der Waals surface area (Å²) >= 11 is 5.19. The van der Waals surface area contributed by atoms with Crippen LogP contribution in [0.4, 0.5) is 0 Å². The van der Waals surface area contributed by atoms with Gasteiger partial charge in [0.15, 0.2) is 0 Å². The molecule has 0 aliphatic carbocycles. The average molecular weight is 352 g/mol. The summed E-state index contributed by atoms with van der Waals surface area (Å²) in [5.41, 5.74) is 1.77. The Labute approximate surface area is 132 Å². The largest absolute Gasteiger partial charge is 0.344 e. The summed E-state index contributed by atoms with van der Waals surface area (Å²) in [5, 5.41) is 5.19. The highest BCUT2D eigenvalue weighted by Gasteiger charge is 2.18. The molecule has 1 aromatic carbocycles. The maximum absolute atomic E-state index is 12.5. The van der Waals surface area contributed by atoms with E-state index in [0.29, 0.717) is 5.56 Å². The molecule has 0 radical (unpaired) electrons. The van der Waals surface area contributed by atoms with E-state index < -0.39 is 0 Å². The predicted octanol–water partition coefficient (Wildman–Crippen LogP) is 5.09. The van der Waals surface area contributed by atoms with Gasteiger partial charge in [-0.25, -0.2) is 0 Å². The van der Waals surface area contributed by atoms with Gasteiger partial charge in [-0.15, -0.1) is 11.3 Å². The molecule has 1 N–H and O–H groups in total. The van der Waals surface area contributed by atoms with E-state index in [1.54, 1.807) is 11.3 Å². The fourth-order valence-corrected chi connectivity index (χ4v) is 3.38. The topological polar surface area (TPSA) is 29.1 Å². The van der Waals surface area contributed by atoms with Crippen LogP contribution in [0.25, 0.3) is 0 Å². The molecule has 0 saturated heterocycles. The van der Waals surface area contributed by atoms with Gasteiger partial charge in [0.25, 0.3) is 5.91 Å². The van der Waals surface area contributed by atoms with Gasteiger partial charge in [0.2, 0.25) is 0 Å². The molecule has 2 nitrogen and oxygen atoms in total. The zero-order valence-corrected chi connectivity index (χ0v) is 14.1. The Hall–Kier alpha value is -1.13. The quantitative estimate of drug-likeness (QED) is 0.798. The third kappa shape index (κ3) is 3.49. The number of hydrogen-bond donors (Lipinski definition) is 1. The maximum atomic E-state index is 12.5. The van der Waals surface area contributed by atoms with Crippen LogP contribution in [0.5, 0.6) is 0 Å². The minimum absolute atomic E-state index is 0.0209. The second-order valence-electron chi connectivity index (χ2n) is 4.77. The number of amides is 1. The van der Waals surface area contributed by atoms with Crippen LogP contribution in [0.3, 0.4) is 0 Å². The number of halogens is 1. The molecule has 0 aliphatic rings. The van der Waals surface area contributed by atoms with Crippen molar-refractivity contribution in [3.05, 3.63) is 56.2 Å². The highest BCUT2D eigenvalue weighted by Crippen LogP contribution is 2.26. The molecule has 0 saturated carbocycles. The minimum atomic E-state index is -0.0209. The lowest BCUT2D eigenvalue weighted by Crippen LogP contribution is -2.28. The van der Waals surface area contributed by atoms with E-state index in [0.717, 1.165) is 22.9 Å². The van der Waals surface area contributed by atoms with Gasteiger partial charge in [0, 0.05) is 9.35 Å². The van der Waals surface area contributed by atoms with Gasteiger partial charge in [0.05, 0.1) is 11.6 Å². The predicted molar refractivity (Wildman–Crippen MR) is 88.3 cm³/mol.